The number of carbonyl (C=O) groups excluding carboxylic acids is 1. The van der Waals surface area contributed by atoms with Crippen molar-refractivity contribution in [2.24, 2.45) is 0 Å². The highest BCUT2D eigenvalue weighted by Gasteiger charge is 2.25. The number of likely N-dealkylation sites (N-methyl/N-ethyl adjacent to an activating group) is 2. The Balaban J connectivity index is 2.60. The lowest BCUT2D eigenvalue weighted by Gasteiger charge is -2.32. The van der Waals surface area contributed by atoms with Crippen molar-refractivity contribution in [2.45, 2.75) is 39.0 Å². The first-order chi connectivity index (χ1) is 9.20. The van der Waals surface area contributed by atoms with Crippen molar-refractivity contribution < 1.29 is 9.90 Å². The zero-order valence-corrected chi connectivity index (χ0v) is 13.1. The summed E-state index contributed by atoms with van der Waals surface area (Å²) in [6, 6.07) is 9.67. The first-order valence-electron chi connectivity index (χ1n) is 6.92. The van der Waals surface area contributed by atoms with Crippen LogP contribution < -0.4 is 0 Å². The van der Waals surface area contributed by atoms with E-state index in [0.717, 1.165) is 5.56 Å². The summed E-state index contributed by atoms with van der Waals surface area (Å²) >= 11 is 0. The third kappa shape index (κ3) is 5.31. The van der Waals surface area contributed by atoms with Gasteiger partial charge in [0, 0.05) is 20.1 Å². The van der Waals surface area contributed by atoms with Crippen LogP contribution in [0.3, 0.4) is 0 Å². The zero-order chi connectivity index (χ0) is 15.3. The molecule has 1 unspecified atom stereocenters. The van der Waals surface area contributed by atoms with Crippen LogP contribution in [0.5, 0.6) is 0 Å². The largest absolute Gasteiger partial charge is 0.389 e. The summed E-state index contributed by atoms with van der Waals surface area (Å²) in [5, 5.41) is 9.83. The van der Waals surface area contributed by atoms with Crippen molar-refractivity contribution in [3.63, 3.8) is 0 Å². The molecule has 0 fully saturated rings. The minimum absolute atomic E-state index is 0.0561. The van der Waals surface area contributed by atoms with Gasteiger partial charge in [-0.25, -0.2) is 0 Å². The second-order valence-electron chi connectivity index (χ2n) is 6.08. The Kier molecular flexibility index (Phi) is 5.72. The van der Waals surface area contributed by atoms with Gasteiger partial charge in [-0.05, 0) is 33.4 Å². The van der Waals surface area contributed by atoms with Gasteiger partial charge in [-0.3, -0.25) is 9.69 Å². The Labute approximate surface area is 122 Å². The second-order valence-corrected chi connectivity index (χ2v) is 6.08. The number of hydrogen-bond acceptors (Lipinski definition) is 3. The summed E-state index contributed by atoms with van der Waals surface area (Å²) in [7, 11) is 3.67. The molecule has 112 valence electrons. The van der Waals surface area contributed by atoms with E-state index in [1.54, 1.807) is 18.7 Å². The van der Waals surface area contributed by atoms with Crippen LogP contribution >= 0.6 is 0 Å². The van der Waals surface area contributed by atoms with E-state index in [-0.39, 0.29) is 11.9 Å². The second kappa shape index (κ2) is 6.86. The van der Waals surface area contributed by atoms with Crippen molar-refractivity contribution in [1.29, 1.82) is 0 Å². The average molecular weight is 278 g/mol. The standard InChI is InChI=1S/C16H26N2O2/c1-13(18(5)12-16(2,3)20)15(19)17(4)11-14-9-7-6-8-10-14/h6-10,13,20H,11-12H2,1-5H3. The molecule has 1 N–H and O–H groups in total. The smallest absolute Gasteiger partial charge is 0.239 e. The van der Waals surface area contributed by atoms with Gasteiger partial charge >= 0.3 is 0 Å². The molecule has 0 aliphatic rings. The molecule has 0 saturated carbocycles. The maximum absolute atomic E-state index is 12.4. The quantitative estimate of drug-likeness (QED) is 0.862. The number of benzene rings is 1. The number of amides is 1. The van der Waals surface area contributed by atoms with E-state index in [1.165, 1.54) is 0 Å². The summed E-state index contributed by atoms with van der Waals surface area (Å²) in [5.74, 6) is 0.0561. The van der Waals surface area contributed by atoms with Crippen molar-refractivity contribution in [2.75, 3.05) is 20.6 Å². The van der Waals surface area contributed by atoms with E-state index in [4.69, 9.17) is 0 Å². The topological polar surface area (TPSA) is 43.8 Å². The van der Waals surface area contributed by atoms with E-state index in [2.05, 4.69) is 0 Å². The Morgan fingerprint density at radius 3 is 2.30 bits per heavy atom. The summed E-state index contributed by atoms with van der Waals surface area (Å²) in [4.78, 5) is 16.0. The van der Waals surface area contributed by atoms with Gasteiger partial charge < -0.3 is 10.0 Å². The van der Waals surface area contributed by atoms with Gasteiger partial charge in [0.2, 0.25) is 5.91 Å². The Hall–Kier alpha value is -1.39. The average Bonchev–Trinajstić information content (AvgIpc) is 2.36. The van der Waals surface area contributed by atoms with Gasteiger partial charge in [0.15, 0.2) is 0 Å². The van der Waals surface area contributed by atoms with E-state index in [0.29, 0.717) is 13.1 Å². The molecule has 0 saturated heterocycles. The molecule has 0 bridgehead atoms. The van der Waals surface area contributed by atoms with Gasteiger partial charge in [-0.2, -0.15) is 0 Å². The minimum atomic E-state index is -0.804. The summed E-state index contributed by atoms with van der Waals surface area (Å²) in [6.45, 7) is 6.41. The molecule has 0 heterocycles. The lowest BCUT2D eigenvalue weighted by Crippen LogP contribution is -2.48. The maximum atomic E-state index is 12.4. The molecular formula is C16H26N2O2. The molecule has 0 radical (unpaired) electrons. The van der Waals surface area contributed by atoms with Crippen LogP contribution in [0.1, 0.15) is 26.3 Å². The van der Waals surface area contributed by atoms with Gasteiger partial charge in [0.1, 0.15) is 0 Å². The van der Waals surface area contributed by atoms with E-state index >= 15 is 0 Å². The van der Waals surface area contributed by atoms with E-state index < -0.39 is 5.60 Å². The number of carbonyl (C=O) groups is 1. The van der Waals surface area contributed by atoms with Crippen LogP contribution in [0.4, 0.5) is 0 Å². The van der Waals surface area contributed by atoms with Crippen LogP contribution in [0, 0.1) is 0 Å². The van der Waals surface area contributed by atoms with Crippen LogP contribution in [0.25, 0.3) is 0 Å². The molecule has 1 amide bonds. The molecule has 1 aromatic rings. The van der Waals surface area contributed by atoms with Gasteiger partial charge in [-0.1, -0.05) is 30.3 Å². The van der Waals surface area contributed by atoms with E-state index in [1.807, 2.05) is 56.3 Å². The van der Waals surface area contributed by atoms with Crippen LogP contribution in [-0.2, 0) is 11.3 Å². The molecule has 4 nitrogen and oxygen atoms in total. The molecule has 0 spiro atoms. The Morgan fingerprint density at radius 2 is 1.80 bits per heavy atom. The number of hydrogen-bond donors (Lipinski definition) is 1. The fourth-order valence-corrected chi connectivity index (χ4v) is 2.19. The number of aliphatic hydroxyl groups is 1. The monoisotopic (exact) mass is 278 g/mol. The van der Waals surface area contributed by atoms with Crippen LogP contribution in [0.2, 0.25) is 0 Å². The Morgan fingerprint density at radius 1 is 1.25 bits per heavy atom. The third-order valence-electron chi connectivity index (χ3n) is 3.29. The molecule has 0 aliphatic heterocycles. The minimum Gasteiger partial charge on any atom is -0.389 e. The van der Waals surface area contributed by atoms with Crippen molar-refractivity contribution >= 4 is 5.91 Å². The number of nitrogens with zero attached hydrogens (tertiary/aromatic N) is 2. The molecule has 1 atom stereocenters. The fraction of sp³-hybridized carbons (Fsp3) is 0.562. The molecule has 4 heteroatoms. The fourth-order valence-electron chi connectivity index (χ4n) is 2.19. The first kappa shape index (κ1) is 16.7. The predicted molar refractivity (Wildman–Crippen MR) is 81.3 cm³/mol. The first-order valence-corrected chi connectivity index (χ1v) is 6.92. The SMILES string of the molecule is CC(C(=O)N(C)Cc1ccccc1)N(C)CC(C)(C)O. The van der Waals surface area contributed by atoms with Crippen molar-refractivity contribution in [3.8, 4) is 0 Å². The highest BCUT2D eigenvalue weighted by Crippen LogP contribution is 2.10. The molecule has 1 aromatic carbocycles. The van der Waals surface area contributed by atoms with Gasteiger partial charge in [-0.15, -0.1) is 0 Å². The molecule has 0 aliphatic carbocycles. The highest BCUT2D eigenvalue weighted by atomic mass is 16.3. The number of rotatable bonds is 6. The zero-order valence-electron chi connectivity index (χ0n) is 13.1. The van der Waals surface area contributed by atoms with Gasteiger partial charge in [0.05, 0.1) is 11.6 Å². The summed E-state index contributed by atoms with van der Waals surface area (Å²) in [5.41, 5.74) is 0.307. The van der Waals surface area contributed by atoms with Crippen LogP contribution in [-0.4, -0.2) is 53.1 Å². The molecule has 20 heavy (non-hydrogen) atoms. The van der Waals surface area contributed by atoms with Crippen molar-refractivity contribution in [1.82, 2.24) is 9.80 Å². The van der Waals surface area contributed by atoms with Crippen molar-refractivity contribution in [3.05, 3.63) is 35.9 Å². The lowest BCUT2D eigenvalue weighted by atomic mass is 10.1. The Bertz CT molecular complexity index is 426. The molecular weight excluding hydrogens is 252 g/mol. The normalized spacial score (nSPS) is 13.3. The maximum Gasteiger partial charge on any atom is 0.239 e. The molecule has 0 aromatic heterocycles. The van der Waals surface area contributed by atoms with Gasteiger partial charge in [0.25, 0.3) is 0 Å². The van der Waals surface area contributed by atoms with E-state index in [9.17, 15) is 9.90 Å². The summed E-state index contributed by atoms with van der Waals surface area (Å²) in [6.07, 6.45) is 0. The predicted octanol–water partition coefficient (Wildman–Crippen LogP) is 1.74. The molecule has 1 rings (SSSR count). The lowest BCUT2D eigenvalue weighted by molar-refractivity contribution is -0.136. The third-order valence-corrected chi connectivity index (χ3v) is 3.29. The highest BCUT2D eigenvalue weighted by molar-refractivity contribution is 5.81. The summed E-state index contributed by atoms with van der Waals surface area (Å²) < 4.78 is 0. The van der Waals surface area contributed by atoms with Crippen LogP contribution in [0.15, 0.2) is 30.3 Å².